The van der Waals surface area contributed by atoms with Crippen LogP contribution in [0.3, 0.4) is 0 Å². The van der Waals surface area contributed by atoms with Gasteiger partial charge in [-0.1, -0.05) is 18.2 Å². The summed E-state index contributed by atoms with van der Waals surface area (Å²) in [4.78, 5) is 0. The first kappa shape index (κ1) is 10.5. The summed E-state index contributed by atoms with van der Waals surface area (Å²) in [6.45, 7) is 0.329. The Balaban J connectivity index is 2.32. The van der Waals surface area contributed by atoms with E-state index in [0.29, 0.717) is 18.2 Å². The van der Waals surface area contributed by atoms with Gasteiger partial charge in [0.2, 0.25) is 0 Å². The quantitative estimate of drug-likeness (QED) is 0.609. The van der Waals surface area contributed by atoms with Gasteiger partial charge in [0.1, 0.15) is 6.61 Å². The summed E-state index contributed by atoms with van der Waals surface area (Å²) >= 11 is 4.91. The van der Waals surface area contributed by atoms with Gasteiger partial charge in [0.05, 0.1) is 12.5 Å². The van der Waals surface area contributed by atoms with E-state index in [-0.39, 0.29) is 0 Å². The molecule has 0 spiro atoms. The van der Waals surface area contributed by atoms with E-state index >= 15 is 0 Å². The molecule has 0 heterocycles. The van der Waals surface area contributed by atoms with Gasteiger partial charge in [0.15, 0.2) is 0 Å². The minimum Gasteiger partial charge on any atom is -0.470 e. The summed E-state index contributed by atoms with van der Waals surface area (Å²) in [5.74, 6) is 0. The summed E-state index contributed by atoms with van der Waals surface area (Å²) in [5.41, 5.74) is 0.884. The summed E-state index contributed by atoms with van der Waals surface area (Å²) in [6.07, 6.45) is 0.344. The lowest BCUT2D eigenvalue weighted by Gasteiger charge is -2.07. The standard InChI is InChI=1S/C10H10N2OS/c11-7-4-8-13-10(14)12-9-5-2-1-3-6-9/h1-3,5-6H,4,8H2,(H,12,14). The lowest BCUT2D eigenvalue weighted by molar-refractivity contribution is 0.321. The fourth-order valence-corrected chi connectivity index (χ4v) is 1.07. The van der Waals surface area contributed by atoms with E-state index in [4.69, 9.17) is 22.2 Å². The summed E-state index contributed by atoms with van der Waals surface area (Å²) in [7, 11) is 0. The number of nitrogens with one attached hydrogen (secondary N) is 1. The van der Waals surface area contributed by atoms with Crippen LogP contribution in [0.1, 0.15) is 6.42 Å². The van der Waals surface area contributed by atoms with Crippen molar-refractivity contribution in [2.75, 3.05) is 11.9 Å². The predicted octanol–water partition coefficient (Wildman–Crippen LogP) is 2.31. The molecule has 0 fully saturated rings. The van der Waals surface area contributed by atoms with Crippen molar-refractivity contribution in [1.82, 2.24) is 0 Å². The van der Waals surface area contributed by atoms with Crippen molar-refractivity contribution >= 4 is 23.1 Å². The van der Waals surface area contributed by atoms with Gasteiger partial charge in [-0.2, -0.15) is 5.26 Å². The number of nitriles is 1. The molecule has 72 valence electrons. The number of benzene rings is 1. The van der Waals surface area contributed by atoms with E-state index in [1.54, 1.807) is 0 Å². The number of anilines is 1. The lowest BCUT2D eigenvalue weighted by Crippen LogP contribution is -2.13. The van der Waals surface area contributed by atoms with Gasteiger partial charge in [-0.05, 0) is 24.4 Å². The number of ether oxygens (including phenoxy) is 1. The predicted molar refractivity (Wildman–Crippen MR) is 58.8 cm³/mol. The number of thiocarbonyl (C=S) groups is 1. The van der Waals surface area contributed by atoms with Crippen LogP contribution in [0.15, 0.2) is 30.3 Å². The van der Waals surface area contributed by atoms with Crippen LogP contribution < -0.4 is 5.32 Å². The second-order valence-corrected chi connectivity index (χ2v) is 2.91. The SMILES string of the molecule is N#CCCOC(=S)Nc1ccccc1. The molecule has 1 aromatic rings. The van der Waals surface area contributed by atoms with E-state index in [2.05, 4.69) is 5.32 Å². The average molecular weight is 206 g/mol. The molecule has 0 amide bonds. The highest BCUT2D eigenvalue weighted by molar-refractivity contribution is 7.80. The maximum Gasteiger partial charge on any atom is 0.261 e. The van der Waals surface area contributed by atoms with Crippen LogP contribution >= 0.6 is 12.2 Å². The first-order valence-electron chi connectivity index (χ1n) is 4.18. The van der Waals surface area contributed by atoms with Crippen molar-refractivity contribution in [3.63, 3.8) is 0 Å². The largest absolute Gasteiger partial charge is 0.470 e. The second-order valence-electron chi connectivity index (χ2n) is 2.54. The van der Waals surface area contributed by atoms with Crippen LogP contribution in [0.25, 0.3) is 0 Å². The highest BCUT2D eigenvalue weighted by Crippen LogP contribution is 2.05. The minimum absolute atomic E-state index is 0.298. The van der Waals surface area contributed by atoms with Crippen LogP contribution in [-0.2, 0) is 4.74 Å². The fourth-order valence-electron chi connectivity index (χ4n) is 0.865. The first-order valence-corrected chi connectivity index (χ1v) is 4.59. The van der Waals surface area contributed by atoms with Gasteiger partial charge in [0, 0.05) is 5.69 Å². The molecule has 1 rings (SSSR count). The molecule has 1 N–H and O–H groups in total. The molecule has 14 heavy (non-hydrogen) atoms. The highest BCUT2D eigenvalue weighted by Gasteiger charge is 1.96. The van der Waals surface area contributed by atoms with Crippen LogP contribution in [0.2, 0.25) is 0 Å². The molecule has 0 bridgehead atoms. The molecule has 0 saturated heterocycles. The smallest absolute Gasteiger partial charge is 0.261 e. The van der Waals surface area contributed by atoms with Crippen molar-refractivity contribution in [3.05, 3.63) is 30.3 Å². The molecule has 0 saturated carbocycles. The Morgan fingerprint density at radius 1 is 1.43 bits per heavy atom. The van der Waals surface area contributed by atoms with E-state index in [0.717, 1.165) is 5.69 Å². The van der Waals surface area contributed by atoms with Crippen LogP contribution in [0.4, 0.5) is 5.69 Å². The topological polar surface area (TPSA) is 45.0 Å². The van der Waals surface area contributed by atoms with Crippen molar-refractivity contribution in [1.29, 1.82) is 5.26 Å². The summed E-state index contributed by atoms with van der Waals surface area (Å²) in [5, 5.41) is 11.5. The Morgan fingerprint density at radius 2 is 2.14 bits per heavy atom. The summed E-state index contributed by atoms with van der Waals surface area (Å²) in [6, 6.07) is 11.5. The van der Waals surface area contributed by atoms with Gasteiger partial charge in [-0.15, -0.1) is 0 Å². The normalized spacial score (nSPS) is 8.79. The van der Waals surface area contributed by atoms with Crippen molar-refractivity contribution in [3.8, 4) is 6.07 Å². The maximum atomic E-state index is 8.28. The number of nitrogens with zero attached hydrogens (tertiary/aromatic N) is 1. The lowest BCUT2D eigenvalue weighted by atomic mass is 10.3. The molecular formula is C10H10N2OS. The summed E-state index contributed by atoms with van der Waals surface area (Å²) < 4.78 is 5.08. The van der Waals surface area contributed by atoms with Crippen molar-refractivity contribution in [2.45, 2.75) is 6.42 Å². The van der Waals surface area contributed by atoms with Gasteiger partial charge in [0.25, 0.3) is 5.17 Å². The molecule has 4 heteroatoms. The van der Waals surface area contributed by atoms with Crippen molar-refractivity contribution in [2.24, 2.45) is 0 Å². The first-order chi connectivity index (χ1) is 6.83. The molecule has 0 aliphatic heterocycles. The molecular weight excluding hydrogens is 196 g/mol. The van der Waals surface area contributed by atoms with E-state index in [1.165, 1.54) is 0 Å². The molecule has 0 atom stereocenters. The average Bonchev–Trinajstić information content (AvgIpc) is 2.20. The zero-order valence-corrected chi connectivity index (χ0v) is 8.38. The fraction of sp³-hybridized carbons (Fsp3) is 0.200. The Labute approximate surface area is 88.3 Å². The number of para-hydroxylation sites is 1. The van der Waals surface area contributed by atoms with Gasteiger partial charge >= 0.3 is 0 Å². The van der Waals surface area contributed by atoms with Crippen LogP contribution in [0.5, 0.6) is 0 Å². The van der Waals surface area contributed by atoms with E-state index in [1.807, 2.05) is 36.4 Å². The van der Waals surface area contributed by atoms with Crippen LogP contribution in [-0.4, -0.2) is 11.8 Å². The second kappa shape index (κ2) is 5.95. The molecule has 1 aromatic carbocycles. The van der Waals surface area contributed by atoms with Crippen LogP contribution in [0, 0.1) is 11.3 Å². The molecule has 0 unspecified atom stereocenters. The molecule has 0 aliphatic carbocycles. The molecule has 0 aliphatic rings. The van der Waals surface area contributed by atoms with Gasteiger partial charge in [-0.25, -0.2) is 0 Å². The van der Waals surface area contributed by atoms with E-state index in [9.17, 15) is 0 Å². The molecule has 0 radical (unpaired) electrons. The Kier molecular flexibility index (Phi) is 4.45. The monoisotopic (exact) mass is 206 g/mol. The number of hydrogen-bond acceptors (Lipinski definition) is 3. The van der Waals surface area contributed by atoms with Gasteiger partial charge < -0.3 is 10.1 Å². The molecule has 3 nitrogen and oxygen atoms in total. The third-order valence-electron chi connectivity index (χ3n) is 1.47. The van der Waals surface area contributed by atoms with Gasteiger partial charge in [-0.3, -0.25) is 0 Å². The zero-order chi connectivity index (χ0) is 10.2. The molecule has 0 aromatic heterocycles. The van der Waals surface area contributed by atoms with E-state index < -0.39 is 0 Å². The third kappa shape index (κ3) is 3.87. The Morgan fingerprint density at radius 3 is 2.79 bits per heavy atom. The Hall–Kier alpha value is -1.60. The third-order valence-corrected chi connectivity index (χ3v) is 1.69. The van der Waals surface area contributed by atoms with Crippen molar-refractivity contribution < 1.29 is 4.74 Å². The Bertz CT molecular complexity index is 332. The zero-order valence-electron chi connectivity index (χ0n) is 7.56. The number of rotatable bonds is 3. The highest BCUT2D eigenvalue weighted by atomic mass is 32.1. The minimum atomic E-state index is 0.298. The maximum absolute atomic E-state index is 8.28. The number of hydrogen-bond donors (Lipinski definition) is 1.